The zero-order chi connectivity index (χ0) is 13.9. The second-order valence-electron chi connectivity index (χ2n) is 4.87. The monoisotopic (exact) mass is 438 g/mol. The summed E-state index contributed by atoms with van der Waals surface area (Å²) in [5.74, 6) is -0.109. The van der Waals surface area contributed by atoms with Crippen LogP contribution in [0.25, 0.3) is 0 Å². The van der Waals surface area contributed by atoms with E-state index in [4.69, 9.17) is 0 Å². The molecule has 0 amide bonds. The maximum atomic E-state index is 14.3. The molecule has 1 aliphatic rings. The van der Waals surface area contributed by atoms with Gasteiger partial charge in [0.2, 0.25) is 0 Å². The number of halogens is 3. The van der Waals surface area contributed by atoms with Gasteiger partial charge >= 0.3 is 0 Å². The fraction of sp³-hybridized carbons (Fsp3) is 0.333. The summed E-state index contributed by atoms with van der Waals surface area (Å²) in [6, 6.07) is 9.56. The Bertz CT molecular complexity index is 573. The number of thiophene rings is 1. The predicted molar refractivity (Wildman–Crippen MR) is 97.0 cm³/mol. The Hall–Kier alpha value is -0.210. The smallest absolute Gasteiger partial charge is 0.128 e. The summed E-state index contributed by atoms with van der Waals surface area (Å²) in [5, 5.41) is 5.42. The van der Waals surface area contributed by atoms with Gasteiger partial charge in [-0.3, -0.25) is 4.90 Å². The molecular weight excluding hydrogens is 422 g/mol. The lowest BCUT2D eigenvalue weighted by molar-refractivity contribution is 0.197. The molecule has 6 heteroatoms. The Balaban J connectivity index is 0.00000161. The summed E-state index contributed by atoms with van der Waals surface area (Å²) in [6.45, 7) is 3.84. The van der Waals surface area contributed by atoms with Crippen LogP contribution in [0.2, 0.25) is 0 Å². The fourth-order valence-corrected chi connectivity index (χ4v) is 4.03. The second-order valence-corrected chi connectivity index (χ2v) is 7.09. The summed E-state index contributed by atoms with van der Waals surface area (Å²) in [7, 11) is 0. The number of nitrogens with zero attached hydrogens (tertiary/aromatic N) is 1. The Morgan fingerprint density at radius 1 is 1.24 bits per heavy atom. The molecule has 1 N–H and O–H groups in total. The molecule has 1 saturated heterocycles. The van der Waals surface area contributed by atoms with E-state index in [0.717, 1.165) is 35.3 Å². The molecule has 1 atom stereocenters. The normalized spacial score (nSPS) is 17.2. The molecule has 2 nitrogen and oxygen atoms in total. The van der Waals surface area contributed by atoms with E-state index >= 15 is 0 Å². The highest BCUT2D eigenvalue weighted by molar-refractivity contribution is 14.1. The zero-order valence-electron chi connectivity index (χ0n) is 11.4. The van der Waals surface area contributed by atoms with Crippen LogP contribution in [-0.2, 0) is 0 Å². The number of hydrogen-bond donors (Lipinski definition) is 1. The van der Waals surface area contributed by atoms with Crippen LogP contribution in [0.1, 0.15) is 16.5 Å². The van der Waals surface area contributed by atoms with Crippen LogP contribution in [-0.4, -0.2) is 31.1 Å². The maximum Gasteiger partial charge on any atom is 0.128 e. The third-order valence-corrected chi connectivity index (χ3v) is 5.18. The van der Waals surface area contributed by atoms with Crippen LogP contribution in [0.3, 0.4) is 0 Å². The van der Waals surface area contributed by atoms with Crippen LogP contribution in [0.15, 0.2) is 35.7 Å². The number of nitrogens with one attached hydrogen (secondary N) is 1. The van der Waals surface area contributed by atoms with Gasteiger partial charge in [0.1, 0.15) is 5.82 Å². The molecule has 1 fully saturated rings. The fourth-order valence-electron chi connectivity index (χ4n) is 2.64. The van der Waals surface area contributed by atoms with Gasteiger partial charge in [-0.1, -0.05) is 6.07 Å². The van der Waals surface area contributed by atoms with Crippen LogP contribution in [0.5, 0.6) is 0 Å². The Kier molecular flexibility index (Phi) is 6.43. The van der Waals surface area contributed by atoms with Crippen molar-refractivity contribution in [1.29, 1.82) is 0 Å². The molecule has 0 radical (unpaired) electrons. The highest BCUT2D eigenvalue weighted by atomic mass is 127. The van der Waals surface area contributed by atoms with Crippen molar-refractivity contribution in [1.82, 2.24) is 10.2 Å². The van der Waals surface area contributed by atoms with E-state index in [9.17, 15) is 4.39 Å². The average Bonchev–Trinajstić information content (AvgIpc) is 2.98. The molecule has 21 heavy (non-hydrogen) atoms. The highest BCUT2D eigenvalue weighted by Crippen LogP contribution is 2.34. The Morgan fingerprint density at radius 2 is 2.00 bits per heavy atom. The predicted octanol–water partition coefficient (Wildman–Crippen LogP) is 3.91. The van der Waals surface area contributed by atoms with Crippen LogP contribution in [0.4, 0.5) is 4.39 Å². The largest absolute Gasteiger partial charge is 0.314 e. The van der Waals surface area contributed by atoms with E-state index in [0.29, 0.717) is 0 Å². The summed E-state index contributed by atoms with van der Waals surface area (Å²) < 4.78 is 15.4. The molecule has 1 aromatic heterocycles. The summed E-state index contributed by atoms with van der Waals surface area (Å²) in [4.78, 5) is 3.59. The van der Waals surface area contributed by atoms with E-state index < -0.39 is 0 Å². The third-order valence-electron chi connectivity index (χ3n) is 3.58. The minimum absolute atomic E-state index is 0. The van der Waals surface area contributed by atoms with Crippen molar-refractivity contribution in [3.05, 3.63) is 55.5 Å². The van der Waals surface area contributed by atoms with Crippen LogP contribution in [0, 0.1) is 9.39 Å². The molecule has 0 aliphatic carbocycles. The first-order valence-electron chi connectivity index (χ1n) is 6.69. The van der Waals surface area contributed by atoms with E-state index in [1.165, 1.54) is 4.88 Å². The van der Waals surface area contributed by atoms with Crippen LogP contribution >= 0.6 is 46.3 Å². The summed E-state index contributed by atoms with van der Waals surface area (Å²) in [5.41, 5.74) is 0.793. The lowest BCUT2D eigenvalue weighted by atomic mass is 10.0. The highest BCUT2D eigenvalue weighted by Gasteiger charge is 2.27. The van der Waals surface area contributed by atoms with Gasteiger partial charge in [0.25, 0.3) is 0 Å². The van der Waals surface area contributed by atoms with Crippen molar-refractivity contribution >= 4 is 46.3 Å². The van der Waals surface area contributed by atoms with Crippen molar-refractivity contribution in [2.24, 2.45) is 0 Å². The van der Waals surface area contributed by atoms with Crippen molar-refractivity contribution in [2.45, 2.75) is 6.04 Å². The summed E-state index contributed by atoms with van der Waals surface area (Å²) in [6.07, 6.45) is 0. The van der Waals surface area contributed by atoms with E-state index in [1.807, 2.05) is 18.2 Å². The molecule has 1 aromatic carbocycles. The van der Waals surface area contributed by atoms with Gasteiger partial charge < -0.3 is 5.32 Å². The Morgan fingerprint density at radius 3 is 2.67 bits per heavy atom. The van der Waals surface area contributed by atoms with Crippen molar-refractivity contribution in [3.8, 4) is 0 Å². The number of hydrogen-bond acceptors (Lipinski definition) is 3. The van der Waals surface area contributed by atoms with Gasteiger partial charge in [0.15, 0.2) is 0 Å². The van der Waals surface area contributed by atoms with Gasteiger partial charge in [-0.05, 0) is 52.2 Å². The molecule has 0 bridgehead atoms. The molecule has 0 unspecified atom stereocenters. The van der Waals surface area contributed by atoms with Crippen LogP contribution < -0.4 is 5.32 Å². The lowest BCUT2D eigenvalue weighted by Crippen LogP contribution is -2.45. The van der Waals surface area contributed by atoms with Gasteiger partial charge in [0.05, 0.1) is 6.04 Å². The molecule has 2 aromatic rings. The number of rotatable bonds is 3. The molecular formula is C15H17ClFIN2S. The molecule has 1 aliphatic heterocycles. The minimum Gasteiger partial charge on any atom is -0.314 e. The summed E-state index contributed by atoms with van der Waals surface area (Å²) >= 11 is 3.95. The van der Waals surface area contributed by atoms with Gasteiger partial charge in [-0.2, -0.15) is 0 Å². The van der Waals surface area contributed by atoms with Gasteiger partial charge in [-0.15, -0.1) is 23.7 Å². The Labute approximate surface area is 148 Å². The lowest BCUT2D eigenvalue weighted by Gasteiger charge is -2.35. The molecule has 2 heterocycles. The first-order chi connectivity index (χ1) is 9.75. The maximum absolute atomic E-state index is 14.3. The van der Waals surface area contributed by atoms with Gasteiger partial charge in [0, 0.05) is 40.2 Å². The van der Waals surface area contributed by atoms with E-state index in [2.05, 4.69) is 44.3 Å². The standard InChI is InChI=1S/C15H16FIN2S.ClH/c16-13-4-3-11(17)10-12(13)15(14-2-1-9-20-14)19-7-5-18-6-8-19;/h1-4,9-10,15,18H,5-8H2;1H/t15-;/m0./s1. The minimum atomic E-state index is -0.109. The first kappa shape index (κ1) is 17.1. The van der Waals surface area contributed by atoms with Crippen molar-refractivity contribution in [3.63, 3.8) is 0 Å². The number of benzene rings is 1. The van der Waals surface area contributed by atoms with E-state index in [1.54, 1.807) is 17.4 Å². The first-order valence-corrected chi connectivity index (χ1v) is 8.64. The van der Waals surface area contributed by atoms with E-state index in [-0.39, 0.29) is 24.3 Å². The SMILES string of the molecule is Cl.Fc1ccc(I)cc1[C@@H](c1cccs1)N1CCNCC1. The quantitative estimate of drug-likeness (QED) is 0.731. The topological polar surface area (TPSA) is 15.3 Å². The van der Waals surface area contributed by atoms with Crippen molar-refractivity contribution in [2.75, 3.05) is 26.2 Å². The molecule has 0 saturated carbocycles. The number of piperazine rings is 1. The molecule has 0 spiro atoms. The van der Waals surface area contributed by atoms with Gasteiger partial charge in [-0.25, -0.2) is 4.39 Å². The molecule has 3 rings (SSSR count). The zero-order valence-corrected chi connectivity index (χ0v) is 15.2. The average molecular weight is 439 g/mol. The van der Waals surface area contributed by atoms with Crippen molar-refractivity contribution < 1.29 is 4.39 Å². The molecule has 114 valence electrons. The second kappa shape index (κ2) is 7.87. The third kappa shape index (κ3) is 3.96.